The number of hydrogen-bond acceptors (Lipinski definition) is 6. The van der Waals surface area contributed by atoms with Crippen molar-refractivity contribution in [2.24, 2.45) is 7.05 Å². The molecule has 1 unspecified atom stereocenters. The van der Waals surface area contributed by atoms with Gasteiger partial charge in [-0.1, -0.05) is 0 Å². The highest BCUT2D eigenvalue weighted by molar-refractivity contribution is 7.80. The Morgan fingerprint density at radius 1 is 1.36 bits per heavy atom. The first kappa shape index (κ1) is 21.8. The van der Waals surface area contributed by atoms with Gasteiger partial charge in [-0.15, -0.1) is 11.3 Å². The zero-order valence-electron chi connectivity index (χ0n) is 17.0. The minimum atomic E-state index is -0.520. The largest absolute Gasteiger partial charge is 0.465 e. The molecule has 0 aliphatic heterocycles. The van der Waals surface area contributed by atoms with Gasteiger partial charge in [0.2, 0.25) is 0 Å². The number of aromatic nitrogens is 2. The summed E-state index contributed by atoms with van der Waals surface area (Å²) in [6, 6.07) is -0.0841. The molecule has 0 saturated heterocycles. The van der Waals surface area contributed by atoms with Crippen LogP contribution in [0.25, 0.3) is 0 Å². The van der Waals surface area contributed by atoms with Crippen LogP contribution in [-0.2, 0) is 11.8 Å². The van der Waals surface area contributed by atoms with Crippen LogP contribution in [0.4, 0.5) is 5.00 Å². The van der Waals surface area contributed by atoms with Crippen LogP contribution in [0.2, 0.25) is 0 Å². The maximum Gasteiger partial charge on any atom is 0.341 e. The molecule has 0 aromatic carbocycles. The van der Waals surface area contributed by atoms with Gasteiger partial charge in [0.25, 0.3) is 5.91 Å². The van der Waals surface area contributed by atoms with Crippen LogP contribution in [-0.4, -0.2) is 52.9 Å². The lowest BCUT2D eigenvalue weighted by Crippen LogP contribution is -2.31. The smallest absolute Gasteiger partial charge is 0.341 e. The van der Waals surface area contributed by atoms with Gasteiger partial charge in [0.1, 0.15) is 5.00 Å². The molecule has 10 heteroatoms. The lowest BCUT2D eigenvalue weighted by Gasteiger charge is -2.16. The minimum Gasteiger partial charge on any atom is -0.465 e. The number of rotatable bonds is 5. The Kier molecular flexibility index (Phi) is 6.78. The van der Waals surface area contributed by atoms with Crippen molar-refractivity contribution in [3.05, 3.63) is 33.5 Å². The molecule has 0 fully saturated rings. The highest BCUT2D eigenvalue weighted by Gasteiger charge is 2.26. The van der Waals surface area contributed by atoms with Crippen LogP contribution in [0.3, 0.4) is 0 Å². The molecule has 0 radical (unpaired) electrons. The van der Waals surface area contributed by atoms with E-state index in [-0.39, 0.29) is 11.9 Å². The van der Waals surface area contributed by atoms with Gasteiger partial charge in [-0.2, -0.15) is 5.10 Å². The molecule has 2 aromatic rings. The number of nitrogens with zero attached hydrogens (tertiary/aromatic N) is 3. The Morgan fingerprint density at radius 3 is 2.50 bits per heavy atom. The van der Waals surface area contributed by atoms with E-state index in [0.29, 0.717) is 26.1 Å². The number of amides is 1. The van der Waals surface area contributed by atoms with Crippen molar-refractivity contribution < 1.29 is 14.3 Å². The Bertz CT molecular complexity index is 917. The van der Waals surface area contributed by atoms with Crippen LogP contribution < -0.4 is 10.6 Å². The molecule has 0 aliphatic carbocycles. The fourth-order valence-electron chi connectivity index (χ4n) is 2.81. The van der Waals surface area contributed by atoms with Crippen molar-refractivity contribution >= 4 is 45.5 Å². The van der Waals surface area contributed by atoms with Gasteiger partial charge in [0, 0.05) is 32.9 Å². The fraction of sp³-hybridized carbons (Fsp3) is 0.444. The zero-order valence-corrected chi connectivity index (χ0v) is 18.7. The third kappa shape index (κ3) is 4.50. The normalized spacial score (nSPS) is 11.7. The molecule has 0 saturated carbocycles. The van der Waals surface area contributed by atoms with E-state index in [0.717, 1.165) is 11.3 Å². The van der Waals surface area contributed by atoms with Crippen molar-refractivity contribution in [2.45, 2.75) is 26.8 Å². The number of ether oxygens (including phenoxy) is 1. The van der Waals surface area contributed by atoms with Crippen LogP contribution in [0.1, 0.15) is 49.8 Å². The van der Waals surface area contributed by atoms with E-state index in [1.54, 1.807) is 25.7 Å². The van der Waals surface area contributed by atoms with Crippen LogP contribution in [0, 0.1) is 13.8 Å². The first-order valence-electron chi connectivity index (χ1n) is 8.57. The molecule has 8 nitrogen and oxygen atoms in total. The number of nitrogens with one attached hydrogen (secondary N) is 2. The number of aryl methyl sites for hydroxylation is 2. The number of hydrogen-bond donors (Lipinski definition) is 2. The van der Waals surface area contributed by atoms with Crippen LogP contribution >= 0.6 is 23.6 Å². The number of methoxy groups -OCH3 is 1. The fourth-order valence-corrected chi connectivity index (χ4v) is 4.38. The summed E-state index contributed by atoms with van der Waals surface area (Å²) in [5.41, 5.74) is 2.81. The van der Waals surface area contributed by atoms with E-state index in [1.165, 1.54) is 23.3 Å². The molecule has 0 bridgehead atoms. The Morgan fingerprint density at radius 2 is 2.00 bits per heavy atom. The zero-order chi connectivity index (χ0) is 21.2. The minimum absolute atomic E-state index is 0.0841. The van der Waals surface area contributed by atoms with Gasteiger partial charge in [-0.3, -0.25) is 9.48 Å². The van der Waals surface area contributed by atoms with Gasteiger partial charge >= 0.3 is 5.97 Å². The molecule has 152 valence electrons. The van der Waals surface area contributed by atoms with E-state index in [1.807, 2.05) is 27.1 Å². The van der Waals surface area contributed by atoms with Crippen molar-refractivity contribution in [3.63, 3.8) is 0 Å². The first-order chi connectivity index (χ1) is 13.1. The molecule has 2 heterocycles. The molecule has 2 aromatic heterocycles. The lowest BCUT2D eigenvalue weighted by molar-refractivity contribution is 0.0601. The SMILES string of the molecule is COC(=O)c1c(NC(=S)NC(C)c2cn(C)nc2C)sc(C(=O)N(C)C)c1C. The van der Waals surface area contributed by atoms with Crippen molar-refractivity contribution in [1.82, 2.24) is 20.0 Å². The maximum atomic E-state index is 12.4. The molecular weight excluding hydrogens is 398 g/mol. The summed E-state index contributed by atoms with van der Waals surface area (Å²) in [6.45, 7) is 5.63. The molecule has 1 atom stereocenters. The van der Waals surface area contributed by atoms with Crippen molar-refractivity contribution in [2.75, 3.05) is 26.5 Å². The lowest BCUT2D eigenvalue weighted by atomic mass is 10.1. The molecule has 0 aliphatic rings. The van der Waals surface area contributed by atoms with Crippen LogP contribution in [0.5, 0.6) is 0 Å². The predicted molar refractivity (Wildman–Crippen MR) is 114 cm³/mol. The summed E-state index contributed by atoms with van der Waals surface area (Å²) in [6.07, 6.45) is 1.93. The van der Waals surface area contributed by atoms with E-state index in [4.69, 9.17) is 17.0 Å². The number of anilines is 1. The summed E-state index contributed by atoms with van der Waals surface area (Å²) in [4.78, 5) is 26.6. The van der Waals surface area contributed by atoms with Crippen molar-refractivity contribution in [3.8, 4) is 0 Å². The maximum absolute atomic E-state index is 12.4. The number of carbonyl (C=O) groups excluding carboxylic acids is 2. The van der Waals surface area contributed by atoms with Gasteiger partial charge in [-0.05, 0) is 38.6 Å². The average molecular weight is 424 g/mol. The standard InChI is InChI=1S/C18H25N5O3S2/c1-9-13(17(25)26-7)15(28-14(9)16(24)22(4)5)20-18(27)19-10(2)12-8-23(6)21-11(12)3/h8,10H,1-7H3,(H2,19,20,27). The third-order valence-corrected chi connectivity index (χ3v) is 5.64. The summed E-state index contributed by atoms with van der Waals surface area (Å²) in [7, 11) is 6.49. The number of carbonyl (C=O) groups is 2. The number of esters is 1. The Hall–Kier alpha value is -2.46. The highest BCUT2D eigenvalue weighted by Crippen LogP contribution is 2.34. The number of thiophene rings is 1. The van der Waals surface area contributed by atoms with E-state index in [9.17, 15) is 9.59 Å². The first-order valence-corrected chi connectivity index (χ1v) is 9.80. The molecule has 28 heavy (non-hydrogen) atoms. The van der Waals surface area contributed by atoms with Gasteiger partial charge in [0.15, 0.2) is 5.11 Å². The van der Waals surface area contributed by atoms with Gasteiger partial charge in [0.05, 0.1) is 29.3 Å². The number of thiocarbonyl (C=S) groups is 1. The second kappa shape index (κ2) is 8.70. The third-order valence-electron chi connectivity index (χ3n) is 4.23. The second-order valence-corrected chi connectivity index (χ2v) is 8.04. The van der Waals surface area contributed by atoms with Crippen molar-refractivity contribution in [1.29, 1.82) is 0 Å². The highest BCUT2D eigenvalue weighted by atomic mass is 32.1. The summed E-state index contributed by atoms with van der Waals surface area (Å²) >= 11 is 6.60. The molecule has 2 rings (SSSR count). The molecule has 1 amide bonds. The predicted octanol–water partition coefficient (Wildman–Crippen LogP) is 2.63. The molecular formula is C18H25N5O3S2. The molecule has 0 spiro atoms. The quantitative estimate of drug-likeness (QED) is 0.564. The topological polar surface area (TPSA) is 88.5 Å². The Labute approximate surface area is 173 Å². The second-order valence-electron chi connectivity index (χ2n) is 6.62. The summed E-state index contributed by atoms with van der Waals surface area (Å²) in [5, 5.41) is 11.4. The summed E-state index contributed by atoms with van der Waals surface area (Å²) in [5.74, 6) is -0.702. The van der Waals surface area contributed by atoms with Crippen LogP contribution in [0.15, 0.2) is 6.20 Å². The monoisotopic (exact) mass is 423 g/mol. The summed E-state index contributed by atoms with van der Waals surface area (Å²) < 4.78 is 6.64. The molecule has 2 N–H and O–H groups in total. The van der Waals surface area contributed by atoms with E-state index < -0.39 is 5.97 Å². The average Bonchev–Trinajstić information content (AvgIpc) is 3.12. The van der Waals surface area contributed by atoms with Gasteiger partial charge < -0.3 is 20.3 Å². The van der Waals surface area contributed by atoms with E-state index >= 15 is 0 Å². The Balaban J connectivity index is 2.27. The van der Waals surface area contributed by atoms with E-state index in [2.05, 4.69) is 15.7 Å². The van der Waals surface area contributed by atoms with Gasteiger partial charge in [-0.25, -0.2) is 4.79 Å².